The Kier molecular flexibility index (Phi) is 4.52. The first-order valence-electron chi connectivity index (χ1n) is 6.07. The minimum absolute atomic E-state index is 0.0157. The van der Waals surface area contributed by atoms with Crippen molar-refractivity contribution in [2.45, 2.75) is 6.61 Å². The van der Waals surface area contributed by atoms with Crippen LogP contribution >= 0.6 is 0 Å². The van der Waals surface area contributed by atoms with Crippen LogP contribution in [0, 0.1) is 0 Å². The molecule has 0 aliphatic rings. The third kappa shape index (κ3) is 3.70. The fourth-order valence-corrected chi connectivity index (χ4v) is 1.66. The van der Waals surface area contributed by atoms with Crippen molar-refractivity contribution < 1.29 is 19.7 Å². The number of carboxylic acids is 1. The van der Waals surface area contributed by atoms with E-state index in [0.717, 1.165) is 11.6 Å². The van der Waals surface area contributed by atoms with E-state index in [1.165, 1.54) is 6.08 Å². The standard InChI is InChI=1S/C16H14O4/c17-11-12-5-8-14(9-6-12)20-15-4-2-1-3-13(15)7-10-16(18)19/h1-10,17H,11H2,(H,18,19)/b10-7+. The van der Waals surface area contributed by atoms with Crippen LogP contribution in [-0.2, 0) is 11.4 Å². The average molecular weight is 270 g/mol. The Morgan fingerprint density at radius 2 is 1.80 bits per heavy atom. The monoisotopic (exact) mass is 270 g/mol. The maximum absolute atomic E-state index is 10.6. The number of carboxylic acid groups (broad SMARTS) is 1. The van der Waals surface area contributed by atoms with Gasteiger partial charge in [0.15, 0.2) is 0 Å². The first-order chi connectivity index (χ1) is 9.69. The van der Waals surface area contributed by atoms with Crippen LogP contribution in [0.5, 0.6) is 11.5 Å². The molecule has 0 amide bonds. The van der Waals surface area contributed by atoms with Gasteiger partial charge in [-0.05, 0) is 29.8 Å². The topological polar surface area (TPSA) is 66.8 Å². The van der Waals surface area contributed by atoms with Gasteiger partial charge in [-0.3, -0.25) is 0 Å². The van der Waals surface area contributed by atoms with Crippen molar-refractivity contribution in [3.63, 3.8) is 0 Å². The highest BCUT2D eigenvalue weighted by Gasteiger charge is 2.02. The molecule has 2 aromatic carbocycles. The first-order valence-corrected chi connectivity index (χ1v) is 6.07. The molecule has 4 nitrogen and oxygen atoms in total. The molecule has 0 bridgehead atoms. The Labute approximate surface area is 116 Å². The van der Waals surface area contributed by atoms with Crippen LogP contribution in [0.3, 0.4) is 0 Å². The van der Waals surface area contributed by atoms with Crippen LogP contribution in [0.4, 0.5) is 0 Å². The molecule has 0 aromatic heterocycles. The lowest BCUT2D eigenvalue weighted by Gasteiger charge is -2.09. The van der Waals surface area contributed by atoms with Gasteiger partial charge in [0.2, 0.25) is 0 Å². The smallest absolute Gasteiger partial charge is 0.328 e. The maximum atomic E-state index is 10.6. The summed E-state index contributed by atoms with van der Waals surface area (Å²) in [4.78, 5) is 10.6. The van der Waals surface area contributed by atoms with Crippen molar-refractivity contribution in [2.75, 3.05) is 0 Å². The largest absolute Gasteiger partial charge is 0.478 e. The van der Waals surface area contributed by atoms with Crippen molar-refractivity contribution in [2.24, 2.45) is 0 Å². The van der Waals surface area contributed by atoms with Crippen LogP contribution in [0.1, 0.15) is 11.1 Å². The van der Waals surface area contributed by atoms with Crippen LogP contribution in [0.15, 0.2) is 54.6 Å². The van der Waals surface area contributed by atoms with E-state index in [9.17, 15) is 4.79 Å². The molecule has 0 saturated heterocycles. The van der Waals surface area contributed by atoms with E-state index < -0.39 is 5.97 Å². The lowest BCUT2D eigenvalue weighted by atomic mass is 10.2. The van der Waals surface area contributed by atoms with Gasteiger partial charge in [-0.25, -0.2) is 4.79 Å². The van der Waals surface area contributed by atoms with E-state index in [2.05, 4.69) is 0 Å². The number of aliphatic carboxylic acids is 1. The molecule has 4 heteroatoms. The highest BCUT2D eigenvalue weighted by molar-refractivity contribution is 5.85. The van der Waals surface area contributed by atoms with Gasteiger partial charge in [0.05, 0.1) is 6.61 Å². The molecule has 20 heavy (non-hydrogen) atoms. The minimum Gasteiger partial charge on any atom is -0.478 e. The summed E-state index contributed by atoms with van der Waals surface area (Å²) >= 11 is 0. The van der Waals surface area contributed by atoms with Crippen molar-refractivity contribution in [3.05, 3.63) is 65.7 Å². The SMILES string of the molecule is O=C(O)/C=C/c1ccccc1Oc1ccc(CO)cc1. The third-order valence-corrected chi connectivity index (χ3v) is 2.66. The Balaban J connectivity index is 2.21. The van der Waals surface area contributed by atoms with Crippen molar-refractivity contribution in [3.8, 4) is 11.5 Å². The van der Waals surface area contributed by atoms with Gasteiger partial charge in [-0.2, -0.15) is 0 Å². The normalized spacial score (nSPS) is 10.7. The zero-order valence-corrected chi connectivity index (χ0v) is 10.7. The first kappa shape index (κ1) is 13.8. The molecular formula is C16H14O4. The van der Waals surface area contributed by atoms with E-state index in [1.54, 1.807) is 36.4 Å². The number of ether oxygens (including phenoxy) is 1. The fraction of sp³-hybridized carbons (Fsp3) is 0.0625. The van der Waals surface area contributed by atoms with E-state index in [4.69, 9.17) is 14.9 Å². The quantitative estimate of drug-likeness (QED) is 0.819. The van der Waals surface area contributed by atoms with Crippen molar-refractivity contribution >= 4 is 12.0 Å². The summed E-state index contributed by atoms with van der Waals surface area (Å²) in [5.74, 6) is 0.187. The van der Waals surface area contributed by atoms with E-state index in [-0.39, 0.29) is 6.61 Å². The highest BCUT2D eigenvalue weighted by atomic mass is 16.5. The Morgan fingerprint density at radius 3 is 2.45 bits per heavy atom. The molecule has 0 radical (unpaired) electrons. The predicted molar refractivity (Wildman–Crippen MR) is 75.6 cm³/mol. The number of benzene rings is 2. The molecular weight excluding hydrogens is 256 g/mol. The summed E-state index contributed by atoms with van der Waals surface area (Å²) in [5, 5.41) is 17.6. The van der Waals surface area contributed by atoms with Gasteiger partial charge < -0.3 is 14.9 Å². The van der Waals surface area contributed by atoms with Crippen LogP contribution in [0.2, 0.25) is 0 Å². The average Bonchev–Trinajstić information content (AvgIpc) is 2.47. The van der Waals surface area contributed by atoms with Gasteiger partial charge in [0, 0.05) is 11.6 Å². The summed E-state index contributed by atoms with van der Waals surface area (Å²) in [6.45, 7) is -0.0157. The van der Waals surface area contributed by atoms with Crippen LogP contribution in [0.25, 0.3) is 6.08 Å². The number of aliphatic hydroxyl groups is 1. The Hall–Kier alpha value is -2.59. The second-order valence-electron chi connectivity index (χ2n) is 4.11. The Morgan fingerprint density at radius 1 is 1.10 bits per heavy atom. The predicted octanol–water partition coefficient (Wildman–Crippen LogP) is 3.07. The van der Waals surface area contributed by atoms with Crippen molar-refractivity contribution in [1.82, 2.24) is 0 Å². The summed E-state index contributed by atoms with van der Waals surface area (Å²) < 4.78 is 5.72. The van der Waals surface area contributed by atoms with Crippen LogP contribution in [-0.4, -0.2) is 16.2 Å². The van der Waals surface area contributed by atoms with Gasteiger partial charge in [0.25, 0.3) is 0 Å². The number of para-hydroxylation sites is 1. The summed E-state index contributed by atoms with van der Waals surface area (Å²) in [7, 11) is 0. The molecule has 2 aromatic rings. The van der Waals surface area contributed by atoms with E-state index in [0.29, 0.717) is 17.1 Å². The molecule has 0 atom stereocenters. The Bertz CT molecular complexity index is 615. The lowest BCUT2D eigenvalue weighted by Crippen LogP contribution is -1.90. The van der Waals surface area contributed by atoms with Gasteiger partial charge in [-0.15, -0.1) is 0 Å². The lowest BCUT2D eigenvalue weighted by molar-refractivity contribution is -0.131. The molecule has 0 aliphatic heterocycles. The highest BCUT2D eigenvalue weighted by Crippen LogP contribution is 2.26. The number of hydrogen-bond acceptors (Lipinski definition) is 3. The van der Waals surface area contributed by atoms with Gasteiger partial charge in [-0.1, -0.05) is 30.3 Å². The molecule has 0 saturated carbocycles. The molecule has 2 rings (SSSR count). The molecule has 0 spiro atoms. The van der Waals surface area contributed by atoms with Crippen molar-refractivity contribution in [1.29, 1.82) is 0 Å². The van der Waals surface area contributed by atoms with Gasteiger partial charge >= 0.3 is 5.97 Å². The number of rotatable bonds is 5. The van der Waals surface area contributed by atoms with Crippen LogP contribution < -0.4 is 4.74 Å². The maximum Gasteiger partial charge on any atom is 0.328 e. The second-order valence-corrected chi connectivity index (χ2v) is 4.11. The number of carbonyl (C=O) groups is 1. The summed E-state index contributed by atoms with van der Waals surface area (Å²) in [6.07, 6.45) is 2.55. The molecule has 0 aliphatic carbocycles. The molecule has 0 fully saturated rings. The molecule has 0 unspecified atom stereocenters. The summed E-state index contributed by atoms with van der Waals surface area (Å²) in [5.41, 5.74) is 1.48. The molecule has 2 N–H and O–H groups in total. The molecule has 0 heterocycles. The molecule has 102 valence electrons. The third-order valence-electron chi connectivity index (χ3n) is 2.66. The van der Waals surface area contributed by atoms with E-state index in [1.807, 2.05) is 12.1 Å². The zero-order chi connectivity index (χ0) is 14.4. The minimum atomic E-state index is -1.01. The number of aliphatic hydroxyl groups excluding tert-OH is 1. The summed E-state index contributed by atoms with van der Waals surface area (Å²) in [6, 6.07) is 14.2. The number of hydrogen-bond donors (Lipinski definition) is 2. The van der Waals surface area contributed by atoms with E-state index >= 15 is 0 Å². The van der Waals surface area contributed by atoms with Gasteiger partial charge in [0.1, 0.15) is 11.5 Å². The zero-order valence-electron chi connectivity index (χ0n) is 10.7. The fourth-order valence-electron chi connectivity index (χ4n) is 1.66. The second kappa shape index (κ2) is 6.54.